The second-order valence-corrected chi connectivity index (χ2v) is 5.30. The summed E-state index contributed by atoms with van der Waals surface area (Å²) in [5.41, 5.74) is 0.925. The molecule has 0 saturated carbocycles. The van der Waals surface area contributed by atoms with Crippen LogP contribution < -0.4 is 0 Å². The van der Waals surface area contributed by atoms with Gasteiger partial charge in [0.15, 0.2) is 5.78 Å². The quantitative estimate of drug-likeness (QED) is 0.662. The first-order valence-corrected chi connectivity index (χ1v) is 7.12. The van der Waals surface area contributed by atoms with E-state index in [-0.39, 0.29) is 6.61 Å². The lowest BCUT2D eigenvalue weighted by Gasteiger charge is -2.29. The van der Waals surface area contributed by atoms with Gasteiger partial charge < -0.3 is 24.8 Å². The van der Waals surface area contributed by atoms with Crippen molar-refractivity contribution in [2.24, 2.45) is 5.92 Å². The zero-order valence-corrected chi connectivity index (χ0v) is 12.5. The van der Waals surface area contributed by atoms with Gasteiger partial charge in [0.25, 0.3) is 0 Å². The highest BCUT2D eigenvalue weighted by Crippen LogP contribution is 2.18. The summed E-state index contributed by atoms with van der Waals surface area (Å²) in [6.45, 7) is 2.35. The molecule has 0 amide bonds. The third-order valence-corrected chi connectivity index (χ3v) is 3.61. The Labute approximate surface area is 124 Å². The van der Waals surface area contributed by atoms with Crippen LogP contribution in [0.25, 0.3) is 0 Å². The maximum atomic E-state index is 9.68. The number of piperidine rings is 1. The van der Waals surface area contributed by atoms with Crippen LogP contribution in [0, 0.1) is 5.92 Å². The van der Waals surface area contributed by atoms with Crippen molar-refractivity contribution in [3.8, 4) is 0 Å². The molecule has 0 radical (unpaired) electrons. The van der Waals surface area contributed by atoms with E-state index in [1.165, 1.54) is 25.9 Å². The molecular weight excluding hydrogens is 274 g/mol. The number of aromatic nitrogens is 2. The van der Waals surface area contributed by atoms with Crippen molar-refractivity contribution in [2.45, 2.75) is 26.0 Å². The Balaban J connectivity index is 0.000000315. The number of nitrogens with zero attached hydrogens (tertiary/aromatic N) is 3. The number of aliphatic hydroxyl groups is 3. The van der Waals surface area contributed by atoms with Gasteiger partial charge in [-0.25, -0.2) is 4.98 Å². The van der Waals surface area contributed by atoms with Gasteiger partial charge in [-0.1, -0.05) is 0 Å². The molecule has 1 aliphatic rings. The zero-order valence-electron chi connectivity index (χ0n) is 12.5. The molecule has 1 aromatic rings. The zero-order chi connectivity index (χ0) is 15.7. The number of likely N-dealkylation sites (tertiary alicyclic amines) is 1. The van der Waals surface area contributed by atoms with E-state index in [0.29, 0.717) is 0 Å². The Kier molecular flexibility index (Phi) is 8.14. The van der Waals surface area contributed by atoms with Crippen LogP contribution in [0.5, 0.6) is 0 Å². The van der Waals surface area contributed by atoms with Crippen molar-refractivity contribution >= 4 is 5.78 Å². The molecule has 0 atom stereocenters. The molecule has 1 fully saturated rings. The molecule has 2 heterocycles. The predicted octanol–water partition coefficient (Wildman–Crippen LogP) is -0.743. The standard InChI is InChI=1S/C11H19N3O.C3H6O3/c1-13-4-2-10(3-5-13)7-14-9-12-6-11(14)8-15;4-1-3(6)2-5/h6,9-10,15H,2-5,7-8H2,1H3;4-5H,1-2H2. The summed E-state index contributed by atoms with van der Waals surface area (Å²) in [6, 6.07) is 0. The summed E-state index contributed by atoms with van der Waals surface area (Å²) in [6.07, 6.45) is 6.07. The number of Topliss-reactive ketones (excluding diaryl/α,β-unsaturated/α-hetero) is 1. The SMILES string of the molecule is CN1CCC(Cn2cncc2CO)CC1.O=C(CO)CO. The number of carbonyl (C=O) groups is 1. The maximum Gasteiger partial charge on any atom is 0.183 e. The predicted molar refractivity (Wildman–Crippen MR) is 77.5 cm³/mol. The first kappa shape index (κ1) is 17.8. The molecule has 7 heteroatoms. The first-order valence-electron chi connectivity index (χ1n) is 7.12. The van der Waals surface area contributed by atoms with E-state index < -0.39 is 19.0 Å². The van der Waals surface area contributed by atoms with Crippen molar-refractivity contribution in [3.05, 3.63) is 18.2 Å². The smallest absolute Gasteiger partial charge is 0.183 e. The lowest BCUT2D eigenvalue weighted by molar-refractivity contribution is -0.124. The van der Waals surface area contributed by atoms with Gasteiger partial charge in [0.2, 0.25) is 0 Å². The van der Waals surface area contributed by atoms with Gasteiger partial charge in [-0.2, -0.15) is 0 Å². The lowest BCUT2D eigenvalue weighted by atomic mass is 9.97. The Morgan fingerprint density at radius 2 is 1.90 bits per heavy atom. The van der Waals surface area contributed by atoms with E-state index in [4.69, 9.17) is 15.3 Å². The second kappa shape index (κ2) is 9.62. The summed E-state index contributed by atoms with van der Waals surface area (Å²) in [7, 11) is 2.17. The molecule has 120 valence electrons. The summed E-state index contributed by atoms with van der Waals surface area (Å²) < 4.78 is 2.08. The number of imidazole rings is 1. The van der Waals surface area contributed by atoms with Gasteiger partial charge in [0, 0.05) is 6.54 Å². The molecule has 3 N–H and O–H groups in total. The van der Waals surface area contributed by atoms with Gasteiger partial charge in [0.1, 0.15) is 13.2 Å². The molecule has 0 spiro atoms. The van der Waals surface area contributed by atoms with Crippen LogP contribution in [0.4, 0.5) is 0 Å². The third kappa shape index (κ3) is 6.34. The minimum absolute atomic E-state index is 0.0899. The highest BCUT2D eigenvalue weighted by molar-refractivity contribution is 5.80. The second-order valence-electron chi connectivity index (χ2n) is 5.30. The van der Waals surface area contributed by atoms with E-state index in [9.17, 15) is 4.79 Å². The molecule has 0 bridgehead atoms. The van der Waals surface area contributed by atoms with Crippen molar-refractivity contribution < 1.29 is 20.1 Å². The van der Waals surface area contributed by atoms with E-state index in [1.54, 1.807) is 6.20 Å². The summed E-state index contributed by atoms with van der Waals surface area (Å²) in [5, 5.41) is 24.8. The first-order chi connectivity index (χ1) is 10.1. The third-order valence-electron chi connectivity index (χ3n) is 3.61. The monoisotopic (exact) mass is 299 g/mol. The molecule has 1 aromatic heterocycles. The summed E-state index contributed by atoms with van der Waals surface area (Å²) >= 11 is 0. The Morgan fingerprint density at radius 3 is 2.38 bits per heavy atom. The Morgan fingerprint density at radius 1 is 1.29 bits per heavy atom. The van der Waals surface area contributed by atoms with Crippen LogP contribution in [0.15, 0.2) is 12.5 Å². The van der Waals surface area contributed by atoms with Crippen LogP contribution in [0.1, 0.15) is 18.5 Å². The van der Waals surface area contributed by atoms with Crippen molar-refractivity contribution in [3.63, 3.8) is 0 Å². The normalized spacial score (nSPS) is 16.4. The van der Waals surface area contributed by atoms with Crippen molar-refractivity contribution in [2.75, 3.05) is 33.4 Å². The number of hydrogen-bond acceptors (Lipinski definition) is 6. The molecule has 0 aromatic carbocycles. The summed E-state index contributed by atoms with van der Waals surface area (Å²) in [5.74, 6) is 0.190. The van der Waals surface area contributed by atoms with Crippen LogP contribution in [0.2, 0.25) is 0 Å². The van der Waals surface area contributed by atoms with Gasteiger partial charge in [0.05, 0.1) is 24.8 Å². The fraction of sp³-hybridized carbons (Fsp3) is 0.714. The number of hydrogen-bond donors (Lipinski definition) is 3. The lowest BCUT2D eigenvalue weighted by Crippen LogP contribution is -2.32. The fourth-order valence-corrected chi connectivity index (χ4v) is 2.22. The van der Waals surface area contributed by atoms with Crippen LogP contribution in [-0.2, 0) is 17.9 Å². The molecule has 0 unspecified atom stereocenters. The molecule has 1 saturated heterocycles. The average Bonchev–Trinajstić information content (AvgIpc) is 2.96. The van der Waals surface area contributed by atoms with Gasteiger partial charge >= 0.3 is 0 Å². The minimum atomic E-state index is -0.559. The molecule has 21 heavy (non-hydrogen) atoms. The number of aliphatic hydroxyl groups excluding tert-OH is 3. The summed E-state index contributed by atoms with van der Waals surface area (Å²) in [4.78, 5) is 16.1. The molecule has 1 aliphatic heterocycles. The fourth-order valence-electron chi connectivity index (χ4n) is 2.22. The van der Waals surface area contributed by atoms with E-state index in [2.05, 4.69) is 21.5 Å². The highest BCUT2D eigenvalue weighted by atomic mass is 16.3. The largest absolute Gasteiger partial charge is 0.390 e. The van der Waals surface area contributed by atoms with Crippen molar-refractivity contribution in [1.29, 1.82) is 0 Å². The van der Waals surface area contributed by atoms with Gasteiger partial charge in [-0.05, 0) is 38.9 Å². The van der Waals surface area contributed by atoms with Gasteiger partial charge in [-0.15, -0.1) is 0 Å². The highest BCUT2D eigenvalue weighted by Gasteiger charge is 2.17. The number of ketones is 1. The van der Waals surface area contributed by atoms with Crippen LogP contribution in [-0.4, -0.2) is 68.9 Å². The van der Waals surface area contributed by atoms with Crippen LogP contribution >= 0.6 is 0 Å². The molecule has 2 rings (SSSR count). The van der Waals surface area contributed by atoms with E-state index in [0.717, 1.165) is 18.2 Å². The topological polar surface area (TPSA) is 98.8 Å². The van der Waals surface area contributed by atoms with Crippen molar-refractivity contribution in [1.82, 2.24) is 14.5 Å². The number of rotatable bonds is 5. The van der Waals surface area contributed by atoms with Gasteiger partial charge in [-0.3, -0.25) is 4.79 Å². The van der Waals surface area contributed by atoms with E-state index in [1.807, 2.05) is 6.33 Å². The van der Waals surface area contributed by atoms with E-state index >= 15 is 0 Å². The van der Waals surface area contributed by atoms with Crippen LogP contribution in [0.3, 0.4) is 0 Å². The maximum absolute atomic E-state index is 9.68. The minimum Gasteiger partial charge on any atom is -0.390 e. The molecule has 7 nitrogen and oxygen atoms in total. The molecular formula is C14H25N3O4. The Hall–Kier alpha value is -1.28. The molecule has 0 aliphatic carbocycles. The number of carbonyl (C=O) groups excluding carboxylic acids is 1. The Bertz CT molecular complexity index is 408. The average molecular weight is 299 g/mol.